The van der Waals surface area contributed by atoms with E-state index in [1.807, 2.05) is 6.07 Å². The van der Waals surface area contributed by atoms with Gasteiger partial charge in [0.05, 0.1) is 5.02 Å². The molecule has 1 aromatic carbocycles. The highest BCUT2D eigenvalue weighted by Crippen LogP contribution is 2.45. The van der Waals surface area contributed by atoms with Crippen LogP contribution >= 0.6 is 52.3 Å². The first-order valence-electron chi connectivity index (χ1n) is 7.88. The fourth-order valence-corrected chi connectivity index (χ4v) is 4.27. The second-order valence-electron chi connectivity index (χ2n) is 5.97. The van der Waals surface area contributed by atoms with Crippen LogP contribution in [0.5, 0.6) is 5.75 Å². The number of rotatable bonds is 3. The van der Waals surface area contributed by atoms with Gasteiger partial charge < -0.3 is 15.2 Å². The number of nitrogens with zero attached hydrogens (tertiary/aromatic N) is 1. The molecule has 0 unspecified atom stereocenters. The molecule has 3 rings (SSSR count). The van der Waals surface area contributed by atoms with Crippen molar-refractivity contribution in [2.45, 2.75) is 18.9 Å². The molecule has 0 saturated carbocycles. The minimum absolute atomic E-state index is 0. The number of phenols is 1. The largest absolute Gasteiger partial charge is 0.506 e. The van der Waals surface area contributed by atoms with Crippen molar-refractivity contribution >= 4 is 52.3 Å². The Morgan fingerprint density at radius 2 is 1.83 bits per heavy atom. The van der Waals surface area contributed by atoms with Gasteiger partial charge in [-0.05, 0) is 30.9 Å². The van der Waals surface area contributed by atoms with Crippen LogP contribution in [0.2, 0.25) is 5.02 Å². The molecule has 4 nitrogen and oxygen atoms in total. The summed E-state index contributed by atoms with van der Waals surface area (Å²) in [5.41, 5.74) is 0.932. The maximum absolute atomic E-state index is 10.6. The number of phenolic OH excluding ortho intramolecular Hbond substituents is 1. The van der Waals surface area contributed by atoms with Crippen molar-refractivity contribution in [2.75, 3.05) is 39.4 Å². The molecule has 1 atom stereocenters. The molecule has 0 radical (unpaired) electrons. The van der Waals surface area contributed by atoms with Gasteiger partial charge in [-0.3, -0.25) is 4.90 Å². The number of ether oxygens (including phenoxy) is 1. The Balaban J connectivity index is 0.00000144. The molecule has 0 aliphatic carbocycles. The van der Waals surface area contributed by atoms with Crippen LogP contribution in [0.25, 0.3) is 0 Å². The summed E-state index contributed by atoms with van der Waals surface area (Å²) in [5, 5.41) is 14.4. The Hall–Kier alpha value is 0.250. The van der Waals surface area contributed by atoms with E-state index in [-0.39, 0.29) is 36.6 Å². The molecule has 2 N–H and O–H groups in total. The second kappa shape index (κ2) is 10.4. The molecule has 0 bridgehead atoms. The number of nitrogens with one attached hydrogen (secondary N) is 1. The van der Waals surface area contributed by atoms with Gasteiger partial charge in [-0.25, -0.2) is 0 Å². The first kappa shape index (κ1) is 22.3. The quantitative estimate of drug-likeness (QED) is 0.712. The molecule has 8 heteroatoms. The van der Waals surface area contributed by atoms with Crippen LogP contribution in [0.1, 0.15) is 24.4 Å². The second-order valence-corrected chi connectivity index (χ2v) is 7.23. The standard InChI is InChI=1S/C16H22BrClN2O2.2ClH/c17-12-1-2-13(18)16(21)14(12)15(11-3-9-22-10-4-11)20-7-5-19-6-8-20;;/h1-2,11,15,19,21H,3-10H2;2*1H/t15-;;/m0../s1. The lowest BCUT2D eigenvalue weighted by Gasteiger charge is -2.41. The van der Waals surface area contributed by atoms with E-state index in [4.69, 9.17) is 16.3 Å². The summed E-state index contributed by atoms with van der Waals surface area (Å²) < 4.78 is 6.46. The number of benzene rings is 1. The van der Waals surface area contributed by atoms with E-state index in [1.54, 1.807) is 6.07 Å². The topological polar surface area (TPSA) is 44.7 Å². The molecule has 0 amide bonds. The summed E-state index contributed by atoms with van der Waals surface area (Å²) in [6, 6.07) is 3.86. The molecule has 2 saturated heterocycles. The molecule has 2 heterocycles. The predicted molar refractivity (Wildman–Crippen MR) is 106 cm³/mol. The smallest absolute Gasteiger partial charge is 0.140 e. The maximum Gasteiger partial charge on any atom is 0.140 e. The highest BCUT2D eigenvalue weighted by atomic mass is 79.9. The molecule has 2 aliphatic rings. The van der Waals surface area contributed by atoms with Crippen LogP contribution in [0.4, 0.5) is 0 Å². The molecule has 2 fully saturated rings. The summed E-state index contributed by atoms with van der Waals surface area (Å²) in [6.07, 6.45) is 2.04. The van der Waals surface area contributed by atoms with Gasteiger partial charge in [-0.2, -0.15) is 0 Å². The third-order valence-electron chi connectivity index (χ3n) is 4.67. The molecular weight excluding hydrogens is 438 g/mol. The van der Waals surface area contributed by atoms with Gasteiger partial charge in [-0.1, -0.05) is 27.5 Å². The highest BCUT2D eigenvalue weighted by Gasteiger charge is 2.34. The van der Waals surface area contributed by atoms with Gasteiger partial charge in [0.1, 0.15) is 5.75 Å². The van der Waals surface area contributed by atoms with Crippen LogP contribution in [0, 0.1) is 5.92 Å². The summed E-state index contributed by atoms with van der Waals surface area (Å²) in [7, 11) is 0. The molecule has 1 aromatic rings. The van der Waals surface area contributed by atoms with Crippen LogP contribution in [0.3, 0.4) is 0 Å². The molecule has 138 valence electrons. The van der Waals surface area contributed by atoms with E-state index in [0.29, 0.717) is 10.9 Å². The van der Waals surface area contributed by atoms with Crippen molar-refractivity contribution < 1.29 is 9.84 Å². The minimum Gasteiger partial charge on any atom is -0.506 e. The fraction of sp³-hybridized carbons (Fsp3) is 0.625. The fourth-order valence-electron chi connectivity index (χ4n) is 3.55. The molecule has 0 aromatic heterocycles. The minimum atomic E-state index is 0. The average Bonchev–Trinajstić information content (AvgIpc) is 2.57. The highest BCUT2D eigenvalue weighted by molar-refractivity contribution is 9.10. The lowest BCUT2D eigenvalue weighted by Crippen LogP contribution is -2.47. The first-order chi connectivity index (χ1) is 10.7. The predicted octanol–water partition coefficient (Wildman–Crippen LogP) is 4.02. The molecule has 24 heavy (non-hydrogen) atoms. The Bertz CT molecular complexity index is 506. The van der Waals surface area contributed by atoms with Crippen molar-refractivity contribution in [3.05, 3.63) is 27.2 Å². The van der Waals surface area contributed by atoms with Crippen molar-refractivity contribution in [3.8, 4) is 5.75 Å². The van der Waals surface area contributed by atoms with Crippen molar-refractivity contribution in [1.82, 2.24) is 10.2 Å². The summed E-state index contributed by atoms with van der Waals surface area (Å²) in [6.45, 7) is 5.54. The molecular formula is C16H24BrCl3N2O2. The van der Waals surface area contributed by atoms with E-state index >= 15 is 0 Å². The van der Waals surface area contributed by atoms with Crippen molar-refractivity contribution in [2.24, 2.45) is 5.92 Å². The van der Waals surface area contributed by atoms with Gasteiger partial charge in [0, 0.05) is 55.5 Å². The summed E-state index contributed by atoms with van der Waals surface area (Å²) >= 11 is 9.80. The lowest BCUT2D eigenvalue weighted by molar-refractivity contribution is 0.0204. The Labute approximate surface area is 169 Å². The van der Waals surface area contributed by atoms with Gasteiger partial charge in [0.25, 0.3) is 0 Å². The monoisotopic (exact) mass is 460 g/mol. The van der Waals surface area contributed by atoms with E-state index in [2.05, 4.69) is 26.1 Å². The third-order valence-corrected chi connectivity index (χ3v) is 5.66. The lowest BCUT2D eigenvalue weighted by atomic mass is 9.85. The van der Waals surface area contributed by atoms with Crippen LogP contribution in [-0.4, -0.2) is 49.4 Å². The van der Waals surface area contributed by atoms with E-state index in [0.717, 1.165) is 62.3 Å². The van der Waals surface area contributed by atoms with E-state index in [1.165, 1.54) is 0 Å². The van der Waals surface area contributed by atoms with Gasteiger partial charge in [-0.15, -0.1) is 24.8 Å². The molecule has 2 aliphatic heterocycles. The third kappa shape index (κ3) is 4.91. The van der Waals surface area contributed by atoms with Crippen LogP contribution < -0.4 is 5.32 Å². The normalized spacial score (nSPS) is 20.8. The zero-order chi connectivity index (χ0) is 15.5. The first-order valence-corrected chi connectivity index (χ1v) is 9.05. The number of piperazine rings is 1. The summed E-state index contributed by atoms with van der Waals surface area (Å²) in [4.78, 5) is 2.47. The maximum atomic E-state index is 10.6. The van der Waals surface area contributed by atoms with E-state index < -0.39 is 0 Å². The Morgan fingerprint density at radius 1 is 1.21 bits per heavy atom. The SMILES string of the molecule is Cl.Cl.Oc1c(Cl)ccc(Br)c1[C@H](C1CCOCC1)N1CCNCC1. The number of aromatic hydroxyl groups is 1. The average molecular weight is 463 g/mol. The van der Waals surface area contributed by atoms with Crippen molar-refractivity contribution in [3.63, 3.8) is 0 Å². The summed E-state index contributed by atoms with van der Waals surface area (Å²) in [5.74, 6) is 0.693. The number of hydrogen-bond donors (Lipinski definition) is 2. The van der Waals surface area contributed by atoms with Crippen molar-refractivity contribution in [1.29, 1.82) is 0 Å². The zero-order valence-electron chi connectivity index (χ0n) is 13.3. The van der Waals surface area contributed by atoms with Gasteiger partial charge in [0.15, 0.2) is 0 Å². The van der Waals surface area contributed by atoms with E-state index in [9.17, 15) is 5.11 Å². The zero-order valence-corrected chi connectivity index (χ0v) is 17.3. The van der Waals surface area contributed by atoms with Gasteiger partial charge >= 0.3 is 0 Å². The number of halogens is 4. The molecule has 0 spiro atoms. The number of hydrogen-bond acceptors (Lipinski definition) is 4. The van der Waals surface area contributed by atoms with Crippen LogP contribution in [-0.2, 0) is 4.74 Å². The van der Waals surface area contributed by atoms with Crippen LogP contribution in [0.15, 0.2) is 16.6 Å². The Kier molecular flexibility index (Phi) is 9.67. The van der Waals surface area contributed by atoms with Gasteiger partial charge in [0.2, 0.25) is 0 Å². The Morgan fingerprint density at radius 3 is 2.46 bits per heavy atom.